The number of nitrogens with one attached hydrogen (secondary N) is 1. The molecule has 6 heteroatoms. The summed E-state index contributed by atoms with van der Waals surface area (Å²) in [7, 11) is 1.71. The maximum absolute atomic E-state index is 12.3. The van der Waals surface area contributed by atoms with E-state index in [1.807, 2.05) is 29.2 Å². The van der Waals surface area contributed by atoms with Gasteiger partial charge in [-0.25, -0.2) is 4.98 Å². The summed E-state index contributed by atoms with van der Waals surface area (Å²) in [5.41, 5.74) is 3.58. The van der Waals surface area contributed by atoms with Crippen LogP contribution in [-0.4, -0.2) is 33.4 Å². The number of nitrogens with zero attached hydrogens (tertiary/aromatic N) is 3. The van der Waals surface area contributed by atoms with Crippen LogP contribution in [0.15, 0.2) is 35.4 Å². The number of carbonyl (C=O) groups is 1. The van der Waals surface area contributed by atoms with Crippen molar-refractivity contribution in [2.75, 3.05) is 18.4 Å². The number of rotatable bonds is 4. The van der Waals surface area contributed by atoms with Gasteiger partial charge in [0.2, 0.25) is 5.91 Å². The smallest absolute Gasteiger partial charge is 0.256 e. The Morgan fingerprint density at radius 2 is 2.21 bits per heavy atom. The van der Waals surface area contributed by atoms with Crippen LogP contribution in [-0.2, 0) is 31.2 Å². The predicted octanol–water partition coefficient (Wildman–Crippen LogP) is 1.34. The molecule has 1 aromatic heterocycles. The molecule has 0 bridgehead atoms. The van der Waals surface area contributed by atoms with E-state index in [0.717, 1.165) is 23.4 Å². The molecular weight excluding hydrogens is 304 g/mol. The van der Waals surface area contributed by atoms with Crippen molar-refractivity contribution >= 4 is 11.6 Å². The van der Waals surface area contributed by atoms with Crippen LogP contribution in [0.4, 0.5) is 5.69 Å². The Morgan fingerprint density at radius 3 is 3.00 bits per heavy atom. The van der Waals surface area contributed by atoms with Gasteiger partial charge in [-0.2, -0.15) is 0 Å². The highest BCUT2D eigenvalue weighted by molar-refractivity contribution is 5.92. The summed E-state index contributed by atoms with van der Waals surface area (Å²) >= 11 is 0. The fourth-order valence-corrected chi connectivity index (χ4v) is 2.98. The van der Waals surface area contributed by atoms with Crippen molar-refractivity contribution in [1.82, 2.24) is 14.5 Å². The van der Waals surface area contributed by atoms with Crippen LogP contribution in [0, 0.1) is 0 Å². The van der Waals surface area contributed by atoms with Crippen molar-refractivity contribution < 1.29 is 4.79 Å². The van der Waals surface area contributed by atoms with Crippen molar-refractivity contribution in [2.24, 2.45) is 7.05 Å². The van der Waals surface area contributed by atoms with Crippen LogP contribution < -0.4 is 10.9 Å². The largest absolute Gasteiger partial charge is 0.325 e. The number of amides is 1. The van der Waals surface area contributed by atoms with Crippen LogP contribution in [0.5, 0.6) is 0 Å². The van der Waals surface area contributed by atoms with E-state index in [9.17, 15) is 9.59 Å². The third-order valence-electron chi connectivity index (χ3n) is 4.35. The first-order chi connectivity index (χ1) is 11.6. The molecule has 0 spiro atoms. The molecule has 1 aliphatic heterocycles. The minimum atomic E-state index is -0.0458. The molecule has 0 atom stereocenters. The molecule has 1 amide bonds. The number of aromatic nitrogens is 2. The quantitative estimate of drug-likeness (QED) is 0.921. The van der Waals surface area contributed by atoms with Gasteiger partial charge in [-0.05, 0) is 30.5 Å². The Morgan fingerprint density at radius 1 is 1.38 bits per heavy atom. The molecule has 0 saturated heterocycles. The number of aryl methyl sites for hydroxylation is 2. The van der Waals surface area contributed by atoms with Gasteiger partial charge in [0.25, 0.3) is 5.56 Å². The SMILES string of the molecule is CCc1cccc(NC(=O)CN2CCc3c(ncn(C)c3=O)C2)c1. The first kappa shape index (κ1) is 16.4. The molecule has 0 unspecified atom stereocenters. The van der Waals surface area contributed by atoms with Crippen LogP contribution >= 0.6 is 0 Å². The van der Waals surface area contributed by atoms with Crippen molar-refractivity contribution in [2.45, 2.75) is 26.3 Å². The van der Waals surface area contributed by atoms with Crippen LogP contribution in [0.2, 0.25) is 0 Å². The summed E-state index contributed by atoms with van der Waals surface area (Å²) in [6.45, 7) is 3.61. The number of fused-ring (bicyclic) bond motifs is 1. The summed E-state index contributed by atoms with van der Waals surface area (Å²) in [5, 5.41) is 2.94. The van der Waals surface area contributed by atoms with Gasteiger partial charge < -0.3 is 9.88 Å². The molecule has 126 valence electrons. The summed E-state index contributed by atoms with van der Waals surface area (Å²) in [6, 6.07) is 7.89. The second-order valence-corrected chi connectivity index (χ2v) is 6.15. The summed E-state index contributed by atoms with van der Waals surface area (Å²) in [6.07, 6.45) is 3.11. The normalized spacial score (nSPS) is 14.2. The van der Waals surface area contributed by atoms with E-state index in [4.69, 9.17) is 0 Å². The van der Waals surface area contributed by atoms with Crippen molar-refractivity contribution in [1.29, 1.82) is 0 Å². The lowest BCUT2D eigenvalue weighted by Crippen LogP contribution is -2.40. The molecule has 1 aromatic carbocycles. The fraction of sp³-hybridized carbons (Fsp3) is 0.389. The van der Waals surface area contributed by atoms with Crippen molar-refractivity contribution in [3.8, 4) is 0 Å². The number of carbonyl (C=O) groups excluding carboxylic acids is 1. The summed E-state index contributed by atoms with van der Waals surface area (Å²) in [4.78, 5) is 30.7. The first-order valence-corrected chi connectivity index (χ1v) is 8.21. The van der Waals surface area contributed by atoms with Crippen molar-refractivity contribution in [3.63, 3.8) is 0 Å². The minimum absolute atomic E-state index is 0.0143. The Kier molecular flexibility index (Phi) is 4.76. The maximum atomic E-state index is 12.3. The second kappa shape index (κ2) is 6.97. The van der Waals surface area contributed by atoms with E-state index in [0.29, 0.717) is 26.1 Å². The zero-order chi connectivity index (χ0) is 17.1. The monoisotopic (exact) mass is 326 g/mol. The number of anilines is 1. The highest BCUT2D eigenvalue weighted by atomic mass is 16.2. The van der Waals surface area contributed by atoms with Gasteiger partial charge >= 0.3 is 0 Å². The fourth-order valence-electron chi connectivity index (χ4n) is 2.98. The van der Waals surface area contributed by atoms with Crippen LogP contribution in [0.3, 0.4) is 0 Å². The average Bonchev–Trinajstić information content (AvgIpc) is 2.58. The van der Waals surface area contributed by atoms with Gasteiger partial charge in [0, 0.05) is 31.4 Å². The van der Waals surface area contributed by atoms with E-state index < -0.39 is 0 Å². The van der Waals surface area contributed by atoms with Gasteiger partial charge in [0.1, 0.15) is 0 Å². The Labute approximate surface area is 141 Å². The molecular formula is C18H22N4O2. The topological polar surface area (TPSA) is 67.2 Å². The lowest BCUT2D eigenvalue weighted by atomic mass is 10.1. The second-order valence-electron chi connectivity index (χ2n) is 6.15. The molecule has 0 saturated carbocycles. The molecule has 1 N–H and O–H groups in total. The maximum Gasteiger partial charge on any atom is 0.256 e. The highest BCUT2D eigenvalue weighted by Crippen LogP contribution is 2.14. The zero-order valence-electron chi connectivity index (χ0n) is 14.1. The number of benzene rings is 1. The standard InChI is InChI=1S/C18H22N4O2/c1-3-13-5-4-6-14(9-13)20-17(23)11-22-8-7-15-16(10-22)19-12-21(2)18(15)24/h4-6,9,12H,3,7-8,10-11H2,1-2H3,(H,20,23). The third kappa shape index (κ3) is 3.54. The van der Waals surface area contributed by atoms with Gasteiger partial charge in [0.15, 0.2) is 0 Å². The molecule has 1 aliphatic rings. The van der Waals surface area contributed by atoms with E-state index in [1.165, 1.54) is 10.1 Å². The lowest BCUT2D eigenvalue weighted by molar-refractivity contribution is -0.117. The van der Waals surface area contributed by atoms with Gasteiger partial charge in [-0.15, -0.1) is 0 Å². The Balaban J connectivity index is 1.63. The Bertz CT molecular complexity index is 813. The van der Waals surface area contributed by atoms with Crippen LogP contribution in [0.1, 0.15) is 23.7 Å². The lowest BCUT2D eigenvalue weighted by Gasteiger charge is -2.27. The van der Waals surface area contributed by atoms with Gasteiger partial charge in [-0.3, -0.25) is 14.5 Å². The molecule has 0 radical (unpaired) electrons. The molecule has 24 heavy (non-hydrogen) atoms. The molecule has 2 aromatic rings. The van der Waals surface area contributed by atoms with Gasteiger partial charge in [0.05, 0.1) is 18.6 Å². The van der Waals surface area contributed by atoms with E-state index in [2.05, 4.69) is 17.2 Å². The molecule has 0 aliphatic carbocycles. The molecule has 2 heterocycles. The minimum Gasteiger partial charge on any atom is -0.325 e. The van der Waals surface area contributed by atoms with E-state index in [1.54, 1.807) is 13.4 Å². The van der Waals surface area contributed by atoms with E-state index >= 15 is 0 Å². The number of hydrogen-bond donors (Lipinski definition) is 1. The van der Waals surface area contributed by atoms with Crippen LogP contribution in [0.25, 0.3) is 0 Å². The number of hydrogen-bond acceptors (Lipinski definition) is 4. The molecule has 6 nitrogen and oxygen atoms in total. The summed E-state index contributed by atoms with van der Waals surface area (Å²) < 4.78 is 1.50. The van der Waals surface area contributed by atoms with Gasteiger partial charge in [-0.1, -0.05) is 19.1 Å². The third-order valence-corrected chi connectivity index (χ3v) is 4.35. The van der Waals surface area contributed by atoms with E-state index in [-0.39, 0.29) is 11.5 Å². The Hall–Kier alpha value is -2.47. The molecule has 3 rings (SSSR count). The predicted molar refractivity (Wildman–Crippen MR) is 92.9 cm³/mol. The first-order valence-electron chi connectivity index (χ1n) is 8.21. The van der Waals surface area contributed by atoms with Crippen molar-refractivity contribution in [3.05, 3.63) is 57.8 Å². The highest BCUT2D eigenvalue weighted by Gasteiger charge is 2.22. The zero-order valence-corrected chi connectivity index (χ0v) is 14.1. The molecule has 0 fully saturated rings. The summed E-state index contributed by atoms with van der Waals surface area (Å²) in [5.74, 6) is -0.0458. The average molecular weight is 326 g/mol.